The van der Waals surface area contributed by atoms with Crippen molar-refractivity contribution in [3.05, 3.63) is 33.1 Å². The normalized spacial score (nSPS) is 10.5. The maximum atomic E-state index is 11.7. The third kappa shape index (κ3) is 2.79. The van der Waals surface area contributed by atoms with Gasteiger partial charge < -0.3 is 10.3 Å². The van der Waals surface area contributed by atoms with E-state index in [9.17, 15) is 9.59 Å². The summed E-state index contributed by atoms with van der Waals surface area (Å²) < 4.78 is 2.78. The molecule has 5 heteroatoms. The lowest BCUT2D eigenvalue weighted by Crippen LogP contribution is -2.38. The number of aromatic nitrogens is 2. The molecule has 0 aliphatic rings. The fraction of sp³-hybridized carbons (Fsp3) is 0.600. The van der Waals surface area contributed by atoms with Crippen molar-refractivity contribution in [2.75, 3.05) is 6.54 Å². The van der Waals surface area contributed by atoms with Gasteiger partial charge in [0.05, 0.1) is 0 Å². The summed E-state index contributed by atoms with van der Waals surface area (Å²) >= 11 is 0. The van der Waals surface area contributed by atoms with Gasteiger partial charge in [-0.2, -0.15) is 0 Å². The van der Waals surface area contributed by atoms with Crippen molar-refractivity contribution < 1.29 is 0 Å². The quantitative estimate of drug-likeness (QED) is 0.684. The van der Waals surface area contributed by atoms with Crippen LogP contribution in [0.15, 0.2) is 21.9 Å². The van der Waals surface area contributed by atoms with Crippen LogP contribution in [0.2, 0.25) is 0 Å². The molecule has 0 saturated carbocycles. The minimum Gasteiger partial charge on any atom is -0.330 e. The Hall–Kier alpha value is -1.36. The molecule has 0 amide bonds. The smallest absolute Gasteiger partial charge is 0.330 e. The molecule has 2 N–H and O–H groups in total. The van der Waals surface area contributed by atoms with E-state index in [1.807, 2.05) is 6.92 Å². The van der Waals surface area contributed by atoms with Gasteiger partial charge in [-0.1, -0.05) is 0 Å². The van der Waals surface area contributed by atoms with Crippen LogP contribution in [0.1, 0.15) is 19.8 Å². The van der Waals surface area contributed by atoms with Gasteiger partial charge in [0.15, 0.2) is 0 Å². The SMILES string of the molecule is CCn1ccc(=O)n(CCCCN)c1=O. The molecule has 0 atom stereocenters. The van der Waals surface area contributed by atoms with Crippen molar-refractivity contribution in [2.24, 2.45) is 5.73 Å². The highest BCUT2D eigenvalue weighted by Gasteiger charge is 2.02. The Morgan fingerprint density at radius 2 is 2.07 bits per heavy atom. The number of aryl methyl sites for hydroxylation is 1. The molecular formula is C10H17N3O2. The Kier molecular flexibility index (Phi) is 4.30. The molecule has 1 aromatic heterocycles. The summed E-state index contributed by atoms with van der Waals surface area (Å²) in [6.07, 6.45) is 3.12. The number of nitrogens with two attached hydrogens (primary N) is 1. The molecule has 0 spiro atoms. The first-order valence-corrected chi connectivity index (χ1v) is 5.21. The number of unbranched alkanes of at least 4 members (excludes halogenated alkanes) is 1. The van der Waals surface area contributed by atoms with E-state index in [0.717, 1.165) is 12.8 Å². The second-order valence-corrected chi connectivity index (χ2v) is 3.37. The first kappa shape index (κ1) is 11.7. The Bertz CT molecular complexity index is 419. The standard InChI is InChI=1S/C10H17N3O2/c1-2-12-8-5-9(14)13(10(12)15)7-4-3-6-11/h5,8H,2-4,6-7,11H2,1H3. The molecule has 0 aliphatic heterocycles. The molecule has 1 aromatic rings. The second kappa shape index (κ2) is 5.50. The highest BCUT2D eigenvalue weighted by atomic mass is 16.2. The van der Waals surface area contributed by atoms with E-state index in [2.05, 4.69) is 0 Å². The van der Waals surface area contributed by atoms with Gasteiger partial charge in [-0.05, 0) is 26.3 Å². The second-order valence-electron chi connectivity index (χ2n) is 3.37. The van der Waals surface area contributed by atoms with Gasteiger partial charge in [0.2, 0.25) is 0 Å². The molecule has 1 heterocycles. The van der Waals surface area contributed by atoms with Crippen LogP contribution in [0.4, 0.5) is 0 Å². The van der Waals surface area contributed by atoms with E-state index in [4.69, 9.17) is 5.73 Å². The fourth-order valence-electron chi connectivity index (χ4n) is 1.42. The average molecular weight is 211 g/mol. The van der Waals surface area contributed by atoms with E-state index in [0.29, 0.717) is 19.6 Å². The van der Waals surface area contributed by atoms with Crippen LogP contribution in [-0.4, -0.2) is 15.7 Å². The predicted octanol–water partition coefficient (Wildman–Crippen LogP) is -0.231. The van der Waals surface area contributed by atoms with Crippen LogP contribution in [0.5, 0.6) is 0 Å². The number of hydrogen-bond acceptors (Lipinski definition) is 3. The Labute approximate surface area is 88.1 Å². The summed E-state index contributed by atoms with van der Waals surface area (Å²) in [5, 5.41) is 0. The van der Waals surface area contributed by atoms with Crippen molar-refractivity contribution in [3.8, 4) is 0 Å². The molecule has 0 radical (unpaired) electrons. The van der Waals surface area contributed by atoms with Crippen LogP contribution < -0.4 is 17.0 Å². The fourth-order valence-corrected chi connectivity index (χ4v) is 1.42. The van der Waals surface area contributed by atoms with Crippen LogP contribution in [0.25, 0.3) is 0 Å². The summed E-state index contributed by atoms with van der Waals surface area (Å²) in [6, 6.07) is 1.42. The summed E-state index contributed by atoms with van der Waals surface area (Å²) in [5.41, 5.74) is 4.89. The van der Waals surface area contributed by atoms with Gasteiger partial charge in [-0.25, -0.2) is 4.79 Å². The zero-order valence-corrected chi connectivity index (χ0v) is 8.98. The highest BCUT2D eigenvalue weighted by Crippen LogP contribution is 1.88. The maximum absolute atomic E-state index is 11.7. The summed E-state index contributed by atoms with van der Waals surface area (Å²) in [5.74, 6) is 0. The molecule has 0 fully saturated rings. The van der Waals surface area contributed by atoms with E-state index in [1.54, 1.807) is 0 Å². The van der Waals surface area contributed by atoms with Gasteiger partial charge in [-0.3, -0.25) is 9.36 Å². The van der Waals surface area contributed by atoms with Gasteiger partial charge in [0.25, 0.3) is 5.56 Å². The van der Waals surface area contributed by atoms with Gasteiger partial charge >= 0.3 is 5.69 Å². The average Bonchev–Trinajstić information content (AvgIpc) is 2.23. The largest absolute Gasteiger partial charge is 0.330 e. The molecular weight excluding hydrogens is 194 g/mol. The lowest BCUT2D eigenvalue weighted by atomic mass is 10.3. The van der Waals surface area contributed by atoms with E-state index < -0.39 is 0 Å². The van der Waals surface area contributed by atoms with Gasteiger partial charge in [0, 0.05) is 25.4 Å². The Morgan fingerprint density at radius 3 is 2.67 bits per heavy atom. The molecule has 5 nitrogen and oxygen atoms in total. The van der Waals surface area contributed by atoms with Crippen LogP contribution in [0, 0.1) is 0 Å². The Balaban J connectivity index is 2.95. The van der Waals surface area contributed by atoms with Crippen LogP contribution in [-0.2, 0) is 13.1 Å². The van der Waals surface area contributed by atoms with Gasteiger partial charge in [0.1, 0.15) is 0 Å². The predicted molar refractivity (Wildman–Crippen MR) is 58.9 cm³/mol. The van der Waals surface area contributed by atoms with Crippen molar-refractivity contribution in [3.63, 3.8) is 0 Å². The molecule has 0 aliphatic carbocycles. The van der Waals surface area contributed by atoms with Gasteiger partial charge in [-0.15, -0.1) is 0 Å². The lowest BCUT2D eigenvalue weighted by Gasteiger charge is -2.07. The van der Waals surface area contributed by atoms with E-state index >= 15 is 0 Å². The topological polar surface area (TPSA) is 70.0 Å². The minimum absolute atomic E-state index is 0.234. The van der Waals surface area contributed by atoms with Crippen molar-refractivity contribution in [2.45, 2.75) is 32.9 Å². The summed E-state index contributed by atoms with van der Waals surface area (Å²) in [7, 11) is 0. The van der Waals surface area contributed by atoms with Crippen molar-refractivity contribution in [1.29, 1.82) is 0 Å². The molecule has 1 rings (SSSR count). The molecule has 84 valence electrons. The zero-order valence-electron chi connectivity index (χ0n) is 8.98. The highest BCUT2D eigenvalue weighted by molar-refractivity contribution is 4.86. The maximum Gasteiger partial charge on any atom is 0.330 e. The molecule has 0 aromatic carbocycles. The Morgan fingerprint density at radius 1 is 1.33 bits per heavy atom. The number of hydrogen-bond donors (Lipinski definition) is 1. The van der Waals surface area contributed by atoms with Crippen LogP contribution >= 0.6 is 0 Å². The molecule has 0 bridgehead atoms. The minimum atomic E-state index is -0.235. The summed E-state index contributed by atoms with van der Waals surface area (Å²) in [6.45, 7) is 3.49. The number of nitrogens with zero attached hydrogens (tertiary/aromatic N) is 2. The third-order valence-corrected chi connectivity index (χ3v) is 2.32. The summed E-state index contributed by atoms with van der Waals surface area (Å²) in [4.78, 5) is 23.1. The van der Waals surface area contributed by atoms with Crippen molar-refractivity contribution >= 4 is 0 Å². The first-order chi connectivity index (χ1) is 7.20. The van der Waals surface area contributed by atoms with Crippen LogP contribution in [0.3, 0.4) is 0 Å². The number of rotatable bonds is 5. The third-order valence-electron chi connectivity index (χ3n) is 2.32. The van der Waals surface area contributed by atoms with Crippen molar-refractivity contribution in [1.82, 2.24) is 9.13 Å². The van der Waals surface area contributed by atoms with E-state index in [-0.39, 0.29) is 11.2 Å². The molecule has 0 saturated heterocycles. The zero-order chi connectivity index (χ0) is 11.3. The monoisotopic (exact) mass is 211 g/mol. The molecule has 0 unspecified atom stereocenters. The van der Waals surface area contributed by atoms with E-state index in [1.165, 1.54) is 21.4 Å². The molecule has 15 heavy (non-hydrogen) atoms. The lowest BCUT2D eigenvalue weighted by molar-refractivity contribution is 0.534. The first-order valence-electron chi connectivity index (χ1n) is 5.21.